The van der Waals surface area contributed by atoms with Gasteiger partial charge >= 0.3 is 0 Å². The molecule has 0 saturated carbocycles. The van der Waals surface area contributed by atoms with E-state index in [9.17, 15) is 4.79 Å². The van der Waals surface area contributed by atoms with Crippen molar-refractivity contribution < 1.29 is 23.7 Å². The highest BCUT2D eigenvalue weighted by Crippen LogP contribution is 2.34. The normalized spacial score (nSPS) is 17.1. The van der Waals surface area contributed by atoms with Crippen LogP contribution in [0.2, 0.25) is 0 Å². The van der Waals surface area contributed by atoms with Gasteiger partial charge < -0.3 is 34.1 Å². The number of imidazole rings is 1. The molecule has 1 N–H and O–H groups in total. The molecular formula is C31H33N7O5. The number of piperazine rings is 1. The fourth-order valence-corrected chi connectivity index (χ4v) is 5.65. The molecule has 222 valence electrons. The van der Waals surface area contributed by atoms with Crippen LogP contribution in [-0.4, -0.2) is 76.0 Å². The average Bonchev–Trinajstić information content (AvgIpc) is 3.73. The smallest absolute Gasteiger partial charge is 0.237 e. The Hall–Kier alpha value is -4.84. The number of hydrogen-bond donors (Lipinski definition) is 1. The molecule has 2 aromatic heterocycles. The maximum Gasteiger partial charge on any atom is 0.237 e. The van der Waals surface area contributed by atoms with Gasteiger partial charge in [-0.15, -0.1) is 0 Å². The Kier molecular flexibility index (Phi) is 7.42. The van der Waals surface area contributed by atoms with Gasteiger partial charge in [-0.05, 0) is 42.3 Å². The van der Waals surface area contributed by atoms with Crippen molar-refractivity contribution in [1.29, 1.82) is 0 Å². The van der Waals surface area contributed by atoms with Crippen LogP contribution in [0.4, 0.5) is 5.82 Å². The Balaban J connectivity index is 1.14. The second-order valence-corrected chi connectivity index (χ2v) is 10.8. The summed E-state index contributed by atoms with van der Waals surface area (Å²) in [5, 5.41) is 3.47. The Morgan fingerprint density at radius 2 is 1.67 bits per heavy atom. The first-order chi connectivity index (χ1) is 21.1. The summed E-state index contributed by atoms with van der Waals surface area (Å²) in [5.74, 6) is 4.22. The lowest BCUT2D eigenvalue weighted by Crippen LogP contribution is -2.53. The molecule has 1 fully saturated rings. The monoisotopic (exact) mass is 583 g/mol. The number of amides is 1. The molecular weight excluding hydrogens is 550 g/mol. The quantitative estimate of drug-likeness (QED) is 0.332. The molecule has 43 heavy (non-hydrogen) atoms. The Bertz CT molecular complexity index is 1610. The van der Waals surface area contributed by atoms with E-state index in [2.05, 4.69) is 20.2 Å². The molecule has 12 nitrogen and oxygen atoms in total. The number of ether oxygens (including phenoxy) is 4. The molecule has 0 bridgehead atoms. The number of carbonyl (C=O) groups excluding carboxylic acids is 1. The van der Waals surface area contributed by atoms with Crippen LogP contribution in [0, 0.1) is 6.92 Å². The third-order valence-electron chi connectivity index (χ3n) is 7.76. The van der Waals surface area contributed by atoms with Crippen molar-refractivity contribution in [3.05, 3.63) is 78.0 Å². The molecule has 1 atom stereocenters. The van der Waals surface area contributed by atoms with E-state index >= 15 is 0 Å². The van der Waals surface area contributed by atoms with E-state index in [1.54, 1.807) is 17.1 Å². The number of anilines is 1. The molecule has 7 rings (SSSR count). The van der Waals surface area contributed by atoms with Crippen LogP contribution >= 0.6 is 0 Å². The topological polar surface area (TPSA) is 116 Å². The van der Waals surface area contributed by atoms with Crippen LogP contribution < -0.4 is 29.2 Å². The summed E-state index contributed by atoms with van der Waals surface area (Å²) in [6.45, 7) is 6.21. The highest BCUT2D eigenvalue weighted by Gasteiger charge is 2.29. The maximum atomic E-state index is 14.2. The summed E-state index contributed by atoms with van der Waals surface area (Å²) in [6, 6.07) is 13.6. The summed E-state index contributed by atoms with van der Waals surface area (Å²) < 4.78 is 24.4. The molecule has 2 aromatic carbocycles. The van der Waals surface area contributed by atoms with Gasteiger partial charge in [0.1, 0.15) is 25.4 Å². The first-order valence-electron chi connectivity index (χ1n) is 14.5. The summed E-state index contributed by atoms with van der Waals surface area (Å²) >= 11 is 0. The first-order valence-corrected chi connectivity index (χ1v) is 14.5. The van der Waals surface area contributed by atoms with Crippen molar-refractivity contribution in [3.8, 4) is 28.9 Å². The summed E-state index contributed by atoms with van der Waals surface area (Å²) in [4.78, 5) is 31.8. The molecule has 4 aromatic rings. The lowest BCUT2D eigenvalue weighted by atomic mass is 10.1. The number of fused-ring (bicyclic) bond motifs is 2. The molecule has 3 aliphatic rings. The van der Waals surface area contributed by atoms with E-state index in [0.29, 0.717) is 62.5 Å². The number of aryl methyl sites for hydroxylation is 1. The Morgan fingerprint density at radius 1 is 0.953 bits per heavy atom. The highest BCUT2D eigenvalue weighted by atomic mass is 16.7. The second-order valence-electron chi connectivity index (χ2n) is 10.8. The zero-order valence-electron chi connectivity index (χ0n) is 23.9. The van der Waals surface area contributed by atoms with Gasteiger partial charge in [-0.1, -0.05) is 12.1 Å². The highest BCUT2D eigenvalue weighted by molar-refractivity contribution is 5.77. The number of rotatable bonds is 8. The van der Waals surface area contributed by atoms with Crippen molar-refractivity contribution in [2.24, 2.45) is 0 Å². The van der Waals surface area contributed by atoms with Gasteiger partial charge in [0.25, 0.3) is 0 Å². The fourth-order valence-electron chi connectivity index (χ4n) is 5.65. The predicted molar refractivity (Wildman–Crippen MR) is 157 cm³/mol. The maximum absolute atomic E-state index is 14.2. The minimum absolute atomic E-state index is 0.0341. The van der Waals surface area contributed by atoms with Crippen LogP contribution in [0.5, 0.6) is 23.0 Å². The molecule has 0 aliphatic carbocycles. The minimum atomic E-state index is -0.0919. The summed E-state index contributed by atoms with van der Waals surface area (Å²) in [7, 11) is 0. The Labute approximate surface area is 249 Å². The molecule has 0 radical (unpaired) electrons. The largest absolute Gasteiger partial charge is 0.486 e. The van der Waals surface area contributed by atoms with E-state index < -0.39 is 0 Å². The molecule has 12 heteroatoms. The number of carbonyl (C=O) groups is 1. The van der Waals surface area contributed by atoms with Gasteiger partial charge in [0.05, 0.1) is 6.04 Å². The fraction of sp³-hybridized carbons (Fsp3) is 0.355. The van der Waals surface area contributed by atoms with Gasteiger partial charge in [-0.2, -0.15) is 4.98 Å². The molecule has 5 heterocycles. The van der Waals surface area contributed by atoms with Gasteiger partial charge in [0.15, 0.2) is 23.0 Å². The third kappa shape index (κ3) is 5.91. The van der Waals surface area contributed by atoms with Crippen molar-refractivity contribution in [2.75, 3.05) is 44.5 Å². The van der Waals surface area contributed by atoms with Gasteiger partial charge in [0.2, 0.25) is 18.6 Å². The molecule has 1 saturated heterocycles. The first kappa shape index (κ1) is 27.0. The van der Waals surface area contributed by atoms with Crippen molar-refractivity contribution in [3.63, 3.8) is 0 Å². The van der Waals surface area contributed by atoms with Gasteiger partial charge in [-0.3, -0.25) is 9.36 Å². The van der Waals surface area contributed by atoms with Crippen molar-refractivity contribution in [1.82, 2.24) is 29.7 Å². The standard InChI is InChI=1S/C31H33N7O5/c1-21-12-29(35-31(34-21)36-8-6-33-19-36)38-9-7-32-16-24(38)15-30(39)37(18-23-3-5-26-28(14-23)43-20-42-26)17-22-2-4-25-27(13-22)41-11-10-40-25/h2-6,8,12-14,19,24,32H,7,9-11,15-18,20H2,1H3. The van der Waals surface area contributed by atoms with E-state index in [0.717, 1.165) is 41.5 Å². The van der Waals surface area contributed by atoms with E-state index in [1.165, 1.54) is 0 Å². The lowest BCUT2D eigenvalue weighted by molar-refractivity contribution is -0.132. The van der Waals surface area contributed by atoms with Gasteiger partial charge in [-0.25, -0.2) is 9.97 Å². The number of nitrogens with zero attached hydrogens (tertiary/aromatic N) is 6. The predicted octanol–water partition coefficient (Wildman–Crippen LogP) is 2.87. The summed E-state index contributed by atoms with van der Waals surface area (Å²) in [5.41, 5.74) is 2.78. The molecule has 3 aliphatic heterocycles. The van der Waals surface area contributed by atoms with Crippen LogP contribution in [0.3, 0.4) is 0 Å². The minimum Gasteiger partial charge on any atom is -0.486 e. The molecule has 1 amide bonds. The van der Waals surface area contributed by atoms with Crippen molar-refractivity contribution in [2.45, 2.75) is 32.5 Å². The average molecular weight is 584 g/mol. The number of benzene rings is 2. The third-order valence-corrected chi connectivity index (χ3v) is 7.76. The van der Waals surface area contributed by atoms with Crippen molar-refractivity contribution >= 4 is 11.7 Å². The number of nitrogens with one attached hydrogen (secondary N) is 1. The lowest BCUT2D eigenvalue weighted by Gasteiger charge is -2.38. The van der Waals surface area contributed by atoms with Crippen LogP contribution in [-0.2, 0) is 17.9 Å². The van der Waals surface area contributed by atoms with Gasteiger partial charge in [0, 0.05) is 63.3 Å². The zero-order valence-corrected chi connectivity index (χ0v) is 23.9. The Morgan fingerprint density at radius 3 is 2.44 bits per heavy atom. The van der Waals surface area contributed by atoms with E-state index in [1.807, 2.05) is 60.5 Å². The SMILES string of the molecule is Cc1cc(N2CCNCC2CC(=O)N(Cc2ccc3c(c2)OCCO3)Cc2ccc3c(c2)OCO3)nc(-n2ccnc2)n1. The zero-order chi connectivity index (χ0) is 29.2. The second kappa shape index (κ2) is 11.8. The van der Waals surface area contributed by atoms with Crippen LogP contribution in [0.1, 0.15) is 23.2 Å². The van der Waals surface area contributed by atoms with E-state index in [-0.39, 0.29) is 18.7 Å². The molecule has 1 unspecified atom stereocenters. The number of aromatic nitrogens is 4. The number of hydrogen-bond acceptors (Lipinski definition) is 10. The van der Waals surface area contributed by atoms with Crippen LogP contribution in [0.25, 0.3) is 5.95 Å². The summed E-state index contributed by atoms with van der Waals surface area (Å²) in [6.07, 6.45) is 5.52. The molecule has 0 spiro atoms. The van der Waals surface area contributed by atoms with Crippen LogP contribution in [0.15, 0.2) is 61.2 Å². The van der Waals surface area contributed by atoms with E-state index in [4.69, 9.17) is 23.9 Å².